The average molecular weight is 455 g/mol. The van der Waals surface area contributed by atoms with Crippen molar-refractivity contribution in [3.05, 3.63) is 88.3 Å². The van der Waals surface area contributed by atoms with Crippen molar-refractivity contribution in [3.8, 4) is 5.75 Å². The monoisotopic (exact) mass is 454 g/mol. The smallest absolute Gasteiger partial charge is 0.287 e. The van der Waals surface area contributed by atoms with Gasteiger partial charge in [0, 0.05) is 10.6 Å². The lowest BCUT2D eigenvalue weighted by Crippen LogP contribution is -2.30. The fourth-order valence-electron chi connectivity index (χ4n) is 3.15. The molecule has 1 unspecified atom stereocenters. The van der Waals surface area contributed by atoms with Gasteiger partial charge >= 0.3 is 0 Å². The second kappa shape index (κ2) is 11.0. The van der Waals surface area contributed by atoms with Gasteiger partial charge in [-0.2, -0.15) is 0 Å². The predicted octanol–water partition coefficient (Wildman–Crippen LogP) is 5.14. The standard InChI is InChI=1S/C25H27ClN2O4/c1-17(29)18-6-10-21(11-7-18)31-16-22-12-13-24(32-22)25(30)27-23(14-15-28(2)3)19-4-8-20(26)9-5-19/h4-13,23H,14-16H2,1-3H3,(H,27,30). The summed E-state index contributed by atoms with van der Waals surface area (Å²) in [6.45, 7) is 2.50. The molecule has 2 aromatic carbocycles. The van der Waals surface area contributed by atoms with E-state index >= 15 is 0 Å². The number of benzene rings is 2. The molecule has 1 N–H and O–H groups in total. The molecule has 1 aromatic heterocycles. The van der Waals surface area contributed by atoms with Crippen LogP contribution in [0.3, 0.4) is 0 Å². The van der Waals surface area contributed by atoms with Crippen molar-refractivity contribution in [3.63, 3.8) is 0 Å². The first-order valence-electron chi connectivity index (χ1n) is 10.4. The van der Waals surface area contributed by atoms with Gasteiger partial charge in [-0.1, -0.05) is 23.7 Å². The first-order chi connectivity index (χ1) is 15.3. The Labute approximate surface area is 193 Å². The number of carbonyl (C=O) groups excluding carboxylic acids is 2. The summed E-state index contributed by atoms with van der Waals surface area (Å²) < 4.78 is 11.4. The number of ether oxygens (including phenoxy) is 1. The average Bonchev–Trinajstić information content (AvgIpc) is 3.25. The van der Waals surface area contributed by atoms with Gasteiger partial charge < -0.3 is 19.4 Å². The molecule has 0 radical (unpaired) electrons. The number of furan rings is 1. The van der Waals surface area contributed by atoms with Crippen LogP contribution < -0.4 is 10.1 Å². The van der Waals surface area contributed by atoms with Crippen LogP contribution in [0.1, 0.15) is 51.6 Å². The van der Waals surface area contributed by atoms with Crippen molar-refractivity contribution in [2.24, 2.45) is 0 Å². The van der Waals surface area contributed by atoms with Gasteiger partial charge in [0.15, 0.2) is 11.5 Å². The van der Waals surface area contributed by atoms with Gasteiger partial charge in [0.05, 0.1) is 6.04 Å². The topological polar surface area (TPSA) is 71.8 Å². The van der Waals surface area contributed by atoms with E-state index in [-0.39, 0.29) is 30.1 Å². The summed E-state index contributed by atoms with van der Waals surface area (Å²) in [6.07, 6.45) is 0.743. The van der Waals surface area contributed by atoms with Crippen molar-refractivity contribution in [2.75, 3.05) is 20.6 Å². The lowest BCUT2D eigenvalue weighted by atomic mass is 10.0. The lowest BCUT2D eigenvalue weighted by molar-refractivity contribution is 0.0900. The second-order valence-electron chi connectivity index (χ2n) is 7.80. The van der Waals surface area contributed by atoms with Gasteiger partial charge in [-0.25, -0.2) is 0 Å². The quantitative estimate of drug-likeness (QED) is 0.429. The Morgan fingerprint density at radius 2 is 1.72 bits per heavy atom. The van der Waals surface area contributed by atoms with E-state index < -0.39 is 0 Å². The van der Waals surface area contributed by atoms with Crippen LogP contribution in [-0.4, -0.2) is 37.2 Å². The summed E-state index contributed by atoms with van der Waals surface area (Å²) in [7, 11) is 3.99. The first kappa shape index (κ1) is 23.6. The molecule has 3 rings (SSSR count). The van der Waals surface area contributed by atoms with E-state index in [1.54, 1.807) is 36.4 Å². The number of hydrogen-bond donors (Lipinski definition) is 1. The highest BCUT2D eigenvalue weighted by Crippen LogP contribution is 2.21. The van der Waals surface area contributed by atoms with Crippen molar-refractivity contribution in [1.29, 1.82) is 0 Å². The highest BCUT2D eigenvalue weighted by molar-refractivity contribution is 6.30. The van der Waals surface area contributed by atoms with Crippen LogP contribution >= 0.6 is 11.6 Å². The lowest BCUT2D eigenvalue weighted by Gasteiger charge is -2.21. The predicted molar refractivity (Wildman–Crippen MR) is 124 cm³/mol. The fourth-order valence-corrected chi connectivity index (χ4v) is 3.28. The molecule has 1 atom stereocenters. The van der Waals surface area contributed by atoms with E-state index in [9.17, 15) is 9.59 Å². The molecule has 0 aliphatic carbocycles. The van der Waals surface area contributed by atoms with E-state index in [0.717, 1.165) is 18.5 Å². The molecule has 0 fully saturated rings. The third kappa shape index (κ3) is 6.70. The number of nitrogens with zero attached hydrogens (tertiary/aromatic N) is 1. The van der Waals surface area contributed by atoms with E-state index in [0.29, 0.717) is 22.1 Å². The van der Waals surface area contributed by atoms with E-state index in [4.69, 9.17) is 20.8 Å². The summed E-state index contributed by atoms with van der Waals surface area (Å²) in [5.74, 6) is 1.08. The minimum absolute atomic E-state index is 0.000671. The third-order valence-electron chi connectivity index (χ3n) is 4.97. The Hall–Kier alpha value is -3.09. The maximum Gasteiger partial charge on any atom is 0.287 e. The van der Waals surface area contributed by atoms with Crippen LogP contribution in [0.25, 0.3) is 0 Å². The molecule has 0 aliphatic heterocycles. The normalized spacial score (nSPS) is 11.9. The molecule has 3 aromatic rings. The fraction of sp³-hybridized carbons (Fsp3) is 0.280. The zero-order valence-corrected chi connectivity index (χ0v) is 19.2. The van der Waals surface area contributed by atoms with Crippen LogP contribution in [0.5, 0.6) is 5.75 Å². The SMILES string of the molecule is CC(=O)c1ccc(OCc2ccc(C(=O)NC(CCN(C)C)c3ccc(Cl)cc3)o2)cc1. The van der Waals surface area contributed by atoms with Gasteiger partial charge in [0.25, 0.3) is 5.91 Å². The van der Waals surface area contributed by atoms with Crippen LogP contribution in [0.4, 0.5) is 0 Å². The Bertz CT molecular complexity index is 1040. The van der Waals surface area contributed by atoms with Crippen molar-refractivity contribution in [2.45, 2.75) is 26.0 Å². The first-order valence-corrected chi connectivity index (χ1v) is 10.7. The summed E-state index contributed by atoms with van der Waals surface area (Å²) in [5, 5.41) is 3.70. The van der Waals surface area contributed by atoms with Crippen molar-refractivity contribution < 1.29 is 18.7 Å². The Morgan fingerprint density at radius 3 is 2.34 bits per heavy atom. The summed E-state index contributed by atoms with van der Waals surface area (Å²) >= 11 is 6.01. The summed E-state index contributed by atoms with van der Waals surface area (Å²) in [6, 6.07) is 17.5. The number of Topliss-reactive ketones (excluding diaryl/α,β-unsaturated/α-hetero) is 1. The molecule has 6 nitrogen and oxygen atoms in total. The number of nitrogens with one attached hydrogen (secondary N) is 1. The summed E-state index contributed by atoms with van der Waals surface area (Å²) in [4.78, 5) is 26.2. The number of hydrogen-bond acceptors (Lipinski definition) is 5. The maximum absolute atomic E-state index is 12.8. The van der Waals surface area contributed by atoms with Crippen LogP contribution in [0.2, 0.25) is 5.02 Å². The van der Waals surface area contributed by atoms with Gasteiger partial charge in [-0.15, -0.1) is 0 Å². The second-order valence-corrected chi connectivity index (χ2v) is 8.24. The van der Waals surface area contributed by atoms with Gasteiger partial charge in [0.2, 0.25) is 0 Å². The van der Waals surface area contributed by atoms with Gasteiger partial charge in [-0.05, 0) is 88.1 Å². The van der Waals surface area contributed by atoms with E-state index in [2.05, 4.69) is 10.2 Å². The number of rotatable bonds is 10. The minimum atomic E-state index is -0.291. The number of ketones is 1. The third-order valence-corrected chi connectivity index (χ3v) is 5.22. The molecular formula is C25H27ClN2O4. The van der Waals surface area contributed by atoms with E-state index in [1.807, 2.05) is 38.4 Å². The number of carbonyl (C=O) groups is 2. The van der Waals surface area contributed by atoms with E-state index in [1.165, 1.54) is 6.92 Å². The molecule has 0 bridgehead atoms. The largest absolute Gasteiger partial charge is 0.486 e. The van der Waals surface area contributed by atoms with Crippen LogP contribution in [-0.2, 0) is 6.61 Å². The van der Waals surface area contributed by atoms with Gasteiger partial charge in [-0.3, -0.25) is 9.59 Å². The molecule has 0 spiro atoms. The number of halogens is 1. The zero-order valence-electron chi connectivity index (χ0n) is 18.4. The Balaban J connectivity index is 1.62. The maximum atomic E-state index is 12.8. The molecule has 1 heterocycles. The molecule has 0 saturated heterocycles. The van der Waals surface area contributed by atoms with Crippen LogP contribution in [0.15, 0.2) is 65.1 Å². The van der Waals surface area contributed by atoms with Crippen molar-refractivity contribution in [1.82, 2.24) is 10.2 Å². The van der Waals surface area contributed by atoms with Crippen molar-refractivity contribution >= 4 is 23.3 Å². The highest BCUT2D eigenvalue weighted by Gasteiger charge is 2.19. The van der Waals surface area contributed by atoms with Crippen LogP contribution in [0, 0.1) is 0 Å². The zero-order chi connectivity index (χ0) is 23.1. The Kier molecular flexibility index (Phi) is 8.09. The molecule has 0 aliphatic rings. The molecule has 168 valence electrons. The molecule has 7 heteroatoms. The highest BCUT2D eigenvalue weighted by atomic mass is 35.5. The Morgan fingerprint density at radius 1 is 1.03 bits per heavy atom. The summed E-state index contributed by atoms with van der Waals surface area (Å²) in [5.41, 5.74) is 1.60. The number of amides is 1. The minimum Gasteiger partial charge on any atom is -0.486 e. The molecule has 1 amide bonds. The van der Waals surface area contributed by atoms with Gasteiger partial charge in [0.1, 0.15) is 18.1 Å². The molecular weight excluding hydrogens is 428 g/mol. The molecule has 32 heavy (non-hydrogen) atoms. The molecule has 0 saturated carbocycles.